The third-order valence-electron chi connectivity index (χ3n) is 4.61. The molecule has 3 aromatic rings. The standard InChI is InChI=1S/C21H22N2O/c1-2-7-21-17(4-1)5-3-6-18(21)16-22-19-8-10-20(11-9-19)23-12-14-24-15-13-23/h1-11,22H,12-16H2. The SMILES string of the molecule is c1ccc2c(CNc3ccc(N4CCOCC4)cc3)cccc2c1. The minimum absolute atomic E-state index is 0.821. The highest BCUT2D eigenvalue weighted by Crippen LogP contribution is 2.22. The van der Waals surface area contributed by atoms with Crippen molar-refractivity contribution < 1.29 is 4.74 Å². The number of rotatable bonds is 4. The van der Waals surface area contributed by atoms with Crippen molar-refractivity contribution in [3.8, 4) is 0 Å². The minimum atomic E-state index is 0.821. The van der Waals surface area contributed by atoms with Gasteiger partial charge in [-0.15, -0.1) is 0 Å². The number of nitrogens with zero attached hydrogens (tertiary/aromatic N) is 1. The summed E-state index contributed by atoms with van der Waals surface area (Å²) < 4.78 is 5.41. The van der Waals surface area contributed by atoms with E-state index in [1.54, 1.807) is 0 Å². The van der Waals surface area contributed by atoms with Crippen LogP contribution < -0.4 is 10.2 Å². The Morgan fingerprint density at radius 1 is 0.833 bits per heavy atom. The van der Waals surface area contributed by atoms with Crippen molar-refractivity contribution in [2.75, 3.05) is 36.5 Å². The lowest BCUT2D eigenvalue weighted by Gasteiger charge is -2.29. The number of morpholine rings is 1. The van der Waals surface area contributed by atoms with Gasteiger partial charge in [-0.1, -0.05) is 42.5 Å². The molecule has 4 rings (SSSR count). The molecular formula is C21H22N2O. The largest absolute Gasteiger partial charge is 0.381 e. The highest BCUT2D eigenvalue weighted by molar-refractivity contribution is 5.85. The normalized spacial score (nSPS) is 14.8. The summed E-state index contributed by atoms with van der Waals surface area (Å²) >= 11 is 0. The monoisotopic (exact) mass is 318 g/mol. The molecule has 1 aliphatic rings. The maximum atomic E-state index is 5.41. The van der Waals surface area contributed by atoms with Crippen molar-refractivity contribution >= 4 is 22.1 Å². The Morgan fingerprint density at radius 2 is 1.58 bits per heavy atom. The van der Waals surface area contributed by atoms with Crippen LogP contribution in [0.1, 0.15) is 5.56 Å². The molecule has 1 N–H and O–H groups in total. The summed E-state index contributed by atoms with van der Waals surface area (Å²) in [5, 5.41) is 6.15. The van der Waals surface area contributed by atoms with E-state index in [-0.39, 0.29) is 0 Å². The van der Waals surface area contributed by atoms with Crippen LogP contribution in [0.2, 0.25) is 0 Å². The summed E-state index contributed by atoms with van der Waals surface area (Å²) in [6.45, 7) is 4.42. The molecule has 0 aliphatic carbocycles. The molecule has 24 heavy (non-hydrogen) atoms. The summed E-state index contributed by atoms with van der Waals surface area (Å²) in [5.74, 6) is 0. The van der Waals surface area contributed by atoms with Gasteiger partial charge < -0.3 is 15.0 Å². The summed E-state index contributed by atoms with van der Waals surface area (Å²) in [4.78, 5) is 2.37. The molecule has 0 radical (unpaired) electrons. The fraction of sp³-hybridized carbons (Fsp3) is 0.238. The van der Waals surface area contributed by atoms with Crippen LogP contribution in [-0.2, 0) is 11.3 Å². The van der Waals surface area contributed by atoms with Crippen LogP contribution in [-0.4, -0.2) is 26.3 Å². The second-order valence-corrected chi connectivity index (χ2v) is 6.14. The number of anilines is 2. The van der Waals surface area contributed by atoms with Crippen molar-refractivity contribution in [1.82, 2.24) is 0 Å². The molecule has 0 unspecified atom stereocenters. The lowest BCUT2D eigenvalue weighted by atomic mass is 10.0. The summed E-state index contributed by atoms with van der Waals surface area (Å²) in [5.41, 5.74) is 3.75. The van der Waals surface area contributed by atoms with Crippen LogP contribution in [0, 0.1) is 0 Å². The molecule has 122 valence electrons. The maximum absolute atomic E-state index is 5.41. The molecule has 0 aromatic heterocycles. The zero-order valence-corrected chi connectivity index (χ0v) is 13.7. The third kappa shape index (κ3) is 3.22. The van der Waals surface area contributed by atoms with E-state index in [4.69, 9.17) is 4.74 Å². The van der Waals surface area contributed by atoms with E-state index in [0.717, 1.165) is 38.5 Å². The Morgan fingerprint density at radius 3 is 2.42 bits per heavy atom. The lowest BCUT2D eigenvalue weighted by molar-refractivity contribution is 0.122. The molecule has 0 amide bonds. The second kappa shape index (κ2) is 6.93. The van der Waals surface area contributed by atoms with Gasteiger partial charge in [0.25, 0.3) is 0 Å². The first-order chi connectivity index (χ1) is 11.9. The number of hydrogen-bond acceptors (Lipinski definition) is 3. The quantitative estimate of drug-likeness (QED) is 0.777. The van der Waals surface area contributed by atoms with Gasteiger partial charge >= 0.3 is 0 Å². The predicted molar refractivity (Wildman–Crippen MR) is 101 cm³/mol. The van der Waals surface area contributed by atoms with Gasteiger partial charge in [0, 0.05) is 31.0 Å². The first-order valence-electron chi connectivity index (χ1n) is 8.53. The van der Waals surface area contributed by atoms with Crippen molar-refractivity contribution in [2.24, 2.45) is 0 Å². The van der Waals surface area contributed by atoms with Gasteiger partial charge in [-0.3, -0.25) is 0 Å². The third-order valence-corrected chi connectivity index (χ3v) is 4.61. The smallest absolute Gasteiger partial charge is 0.0642 e. The fourth-order valence-corrected chi connectivity index (χ4v) is 3.26. The van der Waals surface area contributed by atoms with Gasteiger partial charge in [-0.25, -0.2) is 0 Å². The van der Waals surface area contributed by atoms with E-state index in [2.05, 4.69) is 76.9 Å². The average Bonchev–Trinajstić information content (AvgIpc) is 2.67. The van der Waals surface area contributed by atoms with Crippen LogP contribution in [0.25, 0.3) is 10.8 Å². The molecule has 0 spiro atoms. The number of benzene rings is 3. The van der Waals surface area contributed by atoms with Crippen LogP contribution in [0.15, 0.2) is 66.7 Å². The first kappa shape index (κ1) is 15.0. The number of nitrogens with one attached hydrogen (secondary N) is 1. The molecule has 1 fully saturated rings. The molecule has 0 bridgehead atoms. The molecule has 3 aromatic carbocycles. The van der Waals surface area contributed by atoms with Crippen LogP contribution >= 0.6 is 0 Å². The lowest BCUT2D eigenvalue weighted by Crippen LogP contribution is -2.36. The highest BCUT2D eigenvalue weighted by Gasteiger charge is 2.10. The van der Waals surface area contributed by atoms with Crippen LogP contribution in [0.3, 0.4) is 0 Å². The Hall–Kier alpha value is -2.52. The number of fused-ring (bicyclic) bond motifs is 1. The van der Waals surface area contributed by atoms with Crippen molar-refractivity contribution in [3.63, 3.8) is 0 Å². The Kier molecular flexibility index (Phi) is 4.34. The second-order valence-electron chi connectivity index (χ2n) is 6.14. The molecule has 3 nitrogen and oxygen atoms in total. The topological polar surface area (TPSA) is 24.5 Å². The maximum Gasteiger partial charge on any atom is 0.0642 e. The predicted octanol–water partition coefficient (Wildman–Crippen LogP) is 4.29. The minimum Gasteiger partial charge on any atom is -0.381 e. The fourth-order valence-electron chi connectivity index (χ4n) is 3.26. The molecule has 1 aliphatic heterocycles. The Labute approximate surface area is 142 Å². The first-order valence-corrected chi connectivity index (χ1v) is 8.53. The summed E-state index contributed by atoms with van der Waals surface area (Å²) in [6, 6.07) is 23.7. The van der Waals surface area contributed by atoms with Gasteiger partial charge in [0.05, 0.1) is 13.2 Å². The van der Waals surface area contributed by atoms with Crippen molar-refractivity contribution in [1.29, 1.82) is 0 Å². The summed E-state index contributed by atoms with van der Waals surface area (Å²) in [6.07, 6.45) is 0. The Bertz CT molecular complexity index is 802. The molecule has 0 atom stereocenters. The van der Waals surface area contributed by atoms with Gasteiger partial charge in [0.15, 0.2) is 0 Å². The molecule has 1 heterocycles. The van der Waals surface area contributed by atoms with Crippen LogP contribution in [0.5, 0.6) is 0 Å². The number of hydrogen-bond donors (Lipinski definition) is 1. The number of ether oxygens (including phenoxy) is 1. The van der Waals surface area contributed by atoms with Crippen LogP contribution in [0.4, 0.5) is 11.4 Å². The molecule has 0 saturated carbocycles. The van der Waals surface area contributed by atoms with E-state index in [9.17, 15) is 0 Å². The molecule has 1 saturated heterocycles. The zero-order valence-electron chi connectivity index (χ0n) is 13.7. The van der Waals surface area contributed by atoms with E-state index in [0.29, 0.717) is 0 Å². The average molecular weight is 318 g/mol. The molecular weight excluding hydrogens is 296 g/mol. The van der Waals surface area contributed by atoms with E-state index < -0.39 is 0 Å². The summed E-state index contributed by atoms with van der Waals surface area (Å²) in [7, 11) is 0. The Balaban J connectivity index is 1.45. The zero-order chi connectivity index (χ0) is 16.2. The van der Waals surface area contributed by atoms with Gasteiger partial charge in [-0.05, 0) is 40.6 Å². The van der Waals surface area contributed by atoms with E-state index in [1.807, 2.05) is 0 Å². The van der Waals surface area contributed by atoms with Gasteiger partial charge in [0.1, 0.15) is 0 Å². The van der Waals surface area contributed by atoms with Crippen molar-refractivity contribution in [3.05, 3.63) is 72.3 Å². The van der Waals surface area contributed by atoms with Gasteiger partial charge in [0.2, 0.25) is 0 Å². The molecule has 3 heteroatoms. The van der Waals surface area contributed by atoms with Crippen molar-refractivity contribution in [2.45, 2.75) is 6.54 Å². The van der Waals surface area contributed by atoms with Gasteiger partial charge in [-0.2, -0.15) is 0 Å². The van der Waals surface area contributed by atoms with E-state index >= 15 is 0 Å². The highest BCUT2D eigenvalue weighted by atomic mass is 16.5. The van der Waals surface area contributed by atoms with E-state index in [1.165, 1.54) is 22.0 Å².